The van der Waals surface area contributed by atoms with Crippen LogP contribution in [-0.2, 0) is 9.53 Å². The lowest BCUT2D eigenvalue weighted by Crippen LogP contribution is -2.48. The third-order valence-corrected chi connectivity index (χ3v) is 4.24. The Morgan fingerprint density at radius 3 is 2.42 bits per heavy atom. The van der Waals surface area contributed by atoms with Crippen molar-refractivity contribution in [1.82, 2.24) is 9.80 Å². The average Bonchev–Trinajstić information content (AvgIpc) is 2.81. The van der Waals surface area contributed by atoms with Crippen molar-refractivity contribution in [2.75, 3.05) is 13.1 Å². The summed E-state index contributed by atoms with van der Waals surface area (Å²) < 4.78 is 5.42. The maximum absolute atomic E-state index is 12.4. The molecule has 0 saturated carbocycles. The third-order valence-electron chi connectivity index (χ3n) is 4.24. The Kier molecular flexibility index (Phi) is 5.52. The molecule has 0 radical (unpaired) electrons. The first kappa shape index (κ1) is 18.3. The molecule has 2 rings (SSSR count). The molecule has 0 aromatic rings. The van der Waals surface area contributed by atoms with Crippen LogP contribution in [0.15, 0.2) is 36.1 Å². The average molecular weight is 332 g/mol. The Balaban J connectivity index is 2.03. The van der Waals surface area contributed by atoms with Crippen molar-refractivity contribution >= 4 is 12.0 Å². The molecule has 2 amide bonds. The lowest BCUT2D eigenvalue weighted by molar-refractivity contribution is -0.129. The van der Waals surface area contributed by atoms with E-state index < -0.39 is 5.60 Å². The van der Waals surface area contributed by atoms with Crippen molar-refractivity contribution in [3.63, 3.8) is 0 Å². The minimum atomic E-state index is -0.487. The van der Waals surface area contributed by atoms with Crippen LogP contribution in [0.2, 0.25) is 0 Å². The van der Waals surface area contributed by atoms with Crippen LogP contribution in [0.5, 0.6) is 0 Å². The zero-order valence-electron chi connectivity index (χ0n) is 15.2. The summed E-state index contributed by atoms with van der Waals surface area (Å²) >= 11 is 0. The van der Waals surface area contributed by atoms with Gasteiger partial charge in [-0.25, -0.2) is 4.79 Å². The van der Waals surface area contributed by atoms with Crippen molar-refractivity contribution in [2.24, 2.45) is 0 Å². The quantitative estimate of drug-likeness (QED) is 0.793. The van der Waals surface area contributed by atoms with Crippen molar-refractivity contribution in [1.29, 1.82) is 0 Å². The number of carbonyl (C=O) groups excluding carboxylic acids is 2. The molecule has 0 bridgehead atoms. The summed E-state index contributed by atoms with van der Waals surface area (Å²) in [5, 5.41) is 0. The normalized spacial score (nSPS) is 20.2. The molecule has 0 aromatic heterocycles. The van der Waals surface area contributed by atoms with Crippen LogP contribution in [-0.4, -0.2) is 46.5 Å². The van der Waals surface area contributed by atoms with E-state index in [1.807, 2.05) is 44.7 Å². The Hall–Kier alpha value is -2.04. The number of hydrogen-bond donors (Lipinski definition) is 0. The summed E-state index contributed by atoms with van der Waals surface area (Å²) in [6, 6.07) is 0.118. The molecular formula is C19H28N2O3. The van der Waals surface area contributed by atoms with Crippen LogP contribution in [0.4, 0.5) is 4.79 Å². The van der Waals surface area contributed by atoms with E-state index in [0.29, 0.717) is 19.5 Å². The summed E-state index contributed by atoms with van der Waals surface area (Å²) in [6.45, 7) is 12.6. The van der Waals surface area contributed by atoms with E-state index in [2.05, 4.69) is 6.58 Å². The summed E-state index contributed by atoms with van der Waals surface area (Å²) in [5.41, 5.74) is 1.44. The smallest absolute Gasteiger partial charge is 0.410 e. The summed E-state index contributed by atoms with van der Waals surface area (Å²) in [6.07, 6.45) is 7.35. The van der Waals surface area contributed by atoms with Gasteiger partial charge in [0.15, 0.2) is 0 Å². The van der Waals surface area contributed by atoms with Gasteiger partial charge >= 0.3 is 6.09 Å². The Bertz CT molecular complexity index is 576. The Labute approximate surface area is 144 Å². The molecule has 5 heteroatoms. The van der Waals surface area contributed by atoms with E-state index in [0.717, 1.165) is 24.1 Å². The molecule has 24 heavy (non-hydrogen) atoms. The van der Waals surface area contributed by atoms with E-state index in [1.165, 1.54) is 0 Å². The maximum Gasteiger partial charge on any atom is 0.410 e. The van der Waals surface area contributed by atoms with Gasteiger partial charge in [-0.1, -0.05) is 18.7 Å². The molecular weight excluding hydrogens is 304 g/mol. The molecule has 1 saturated heterocycles. The highest BCUT2D eigenvalue weighted by atomic mass is 16.6. The first-order valence-electron chi connectivity index (χ1n) is 8.55. The Morgan fingerprint density at radius 1 is 1.29 bits per heavy atom. The van der Waals surface area contributed by atoms with Crippen LogP contribution in [0.1, 0.15) is 47.0 Å². The fourth-order valence-corrected chi connectivity index (χ4v) is 3.24. The predicted molar refractivity (Wildman–Crippen MR) is 94.3 cm³/mol. The number of hydrogen-bond acceptors (Lipinski definition) is 3. The van der Waals surface area contributed by atoms with E-state index in [-0.39, 0.29) is 18.0 Å². The lowest BCUT2D eigenvalue weighted by atomic mass is 10.0. The fraction of sp³-hybridized carbons (Fsp3) is 0.579. The van der Waals surface area contributed by atoms with Gasteiger partial charge in [0.1, 0.15) is 5.60 Å². The van der Waals surface area contributed by atoms with Crippen LogP contribution >= 0.6 is 0 Å². The molecule has 0 unspecified atom stereocenters. The zero-order chi connectivity index (χ0) is 17.9. The highest BCUT2D eigenvalue weighted by molar-refractivity contribution is 5.86. The number of amides is 2. The maximum atomic E-state index is 12.4. The van der Waals surface area contributed by atoms with Gasteiger partial charge in [-0.3, -0.25) is 4.79 Å². The van der Waals surface area contributed by atoms with E-state index in [4.69, 9.17) is 4.74 Å². The molecule has 2 aliphatic rings. The molecule has 5 nitrogen and oxygen atoms in total. The standard InChI is InChI=1S/C19H28N2O3/c1-6-8-14-13-17(22)21(16(14)7-2)15-9-11-20(12-10-15)18(23)24-19(3,4)5/h6-8,15H,2,9-13H2,1,3-5H3/b8-6-. The van der Waals surface area contributed by atoms with Gasteiger partial charge in [0.2, 0.25) is 5.91 Å². The van der Waals surface area contributed by atoms with Gasteiger partial charge in [0, 0.05) is 24.8 Å². The van der Waals surface area contributed by atoms with Crippen molar-refractivity contribution in [3.8, 4) is 0 Å². The van der Waals surface area contributed by atoms with Gasteiger partial charge in [0.05, 0.1) is 6.42 Å². The number of piperidine rings is 1. The van der Waals surface area contributed by atoms with Crippen LogP contribution in [0, 0.1) is 0 Å². The monoisotopic (exact) mass is 332 g/mol. The first-order chi connectivity index (χ1) is 11.3. The third kappa shape index (κ3) is 4.08. The molecule has 0 spiro atoms. The second kappa shape index (κ2) is 7.24. The molecule has 0 aromatic carbocycles. The second-order valence-electron chi connectivity index (χ2n) is 7.25. The van der Waals surface area contributed by atoms with Gasteiger partial charge in [-0.2, -0.15) is 0 Å². The minimum absolute atomic E-state index is 0.118. The molecule has 1 fully saturated rings. The van der Waals surface area contributed by atoms with Gasteiger partial charge < -0.3 is 14.5 Å². The van der Waals surface area contributed by atoms with Crippen molar-refractivity contribution < 1.29 is 14.3 Å². The SMILES string of the molecule is C=CC1=C(/C=C\C)CC(=O)N1C1CCN(C(=O)OC(C)(C)C)CC1. The topological polar surface area (TPSA) is 49.9 Å². The number of allylic oxidation sites excluding steroid dienone is 3. The predicted octanol–water partition coefficient (Wildman–Crippen LogP) is 3.63. The molecule has 0 N–H and O–H groups in total. The van der Waals surface area contributed by atoms with Crippen LogP contribution < -0.4 is 0 Å². The summed E-state index contributed by atoms with van der Waals surface area (Å²) in [4.78, 5) is 28.2. The lowest BCUT2D eigenvalue weighted by Gasteiger charge is -2.37. The molecule has 2 heterocycles. The zero-order valence-corrected chi connectivity index (χ0v) is 15.2. The highest BCUT2D eigenvalue weighted by Gasteiger charge is 2.36. The van der Waals surface area contributed by atoms with E-state index >= 15 is 0 Å². The van der Waals surface area contributed by atoms with Crippen molar-refractivity contribution in [2.45, 2.75) is 58.6 Å². The summed E-state index contributed by atoms with van der Waals surface area (Å²) in [7, 11) is 0. The number of rotatable bonds is 3. The molecule has 0 aliphatic carbocycles. The fourth-order valence-electron chi connectivity index (χ4n) is 3.24. The molecule has 2 aliphatic heterocycles. The largest absolute Gasteiger partial charge is 0.444 e. The minimum Gasteiger partial charge on any atom is -0.444 e. The van der Waals surface area contributed by atoms with E-state index in [9.17, 15) is 9.59 Å². The number of nitrogens with zero attached hydrogens (tertiary/aromatic N) is 2. The summed E-state index contributed by atoms with van der Waals surface area (Å²) in [5.74, 6) is 0.119. The van der Waals surface area contributed by atoms with Crippen LogP contribution in [0.3, 0.4) is 0 Å². The highest BCUT2D eigenvalue weighted by Crippen LogP contribution is 2.32. The van der Waals surface area contributed by atoms with Crippen molar-refractivity contribution in [3.05, 3.63) is 36.1 Å². The second-order valence-corrected chi connectivity index (χ2v) is 7.25. The van der Waals surface area contributed by atoms with Gasteiger partial charge in [0.25, 0.3) is 0 Å². The number of carbonyl (C=O) groups is 2. The molecule has 0 atom stereocenters. The Morgan fingerprint density at radius 2 is 1.92 bits per heavy atom. The van der Waals surface area contributed by atoms with Crippen LogP contribution in [0.25, 0.3) is 0 Å². The van der Waals surface area contributed by atoms with Gasteiger partial charge in [-0.05, 0) is 52.2 Å². The molecule has 132 valence electrons. The first-order valence-corrected chi connectivity index (χ1v) is 8.55. The number of ether oxygens (including phenoxy) is 1. The van der Waals surface area contributed by atoms with Gasteiger partial charge in [-0.15, -0.1) is 0 Å². The number of likely N-dealkylation sites (tertiary alicyclic amines) is 1. The van der Waals surface area contributed by atoms with E-state index in [1.54, 1.807) is 11.0 Å².